The fourth-order valence-corrected chi connectivity index (χ4v) is 6.99. The van der Waals surface area contributed by atoms with Crippen LogP contribution >= 0.6 is 23.5 Å². The molecule has 2 aliphatic carbocycles. The molecule has 0 unspecified atom stereocenters. The van der Waals surface area contributed by atoms with E-state index in [1.807, 2.05) is 12.3 Å². The van der Waals surface area contributed by atoms with Gasteiger partial charge in [-0.15, -0.1) is 23.5 Å². The Morgan fingerprint density at radius 1 is 0.850 bits per heavy atom. The molecule has 0 amide bonds. The summed E-state index contributed by atoms with van der Waals surface area (Å²) in [4.78, 5) is 0. The average molecular weight is 311 g/mol. The van der Waals surface area contributed by atoms with Gasteiger partial charge in [-0.3, -0.25) is 0 Å². The van der Waals surface area contributed by atoms with E-state index in [0.717, 1.165) is 10.5 Å². The highest BCUT2D eigenvalue weighted by Crippen LogP contribution is 2.49. The zero-order valence-electron chi connectivity index (χ0n) is 12.3. The second-order valence-corrected chi connectivity index (χ2v) is 9.26. The van der Waals surface area contributed by atoms with Crippen LogP contribution in [0, 0.1) is 0 Å². The first-order valence-corrected chi connectivity index (χ1v) is 10.1. The van der Waals surface area contributed by atoms with Gasteiger partial charge in [0.15, 0.2) is 0 Å². The molecule has 0 radical (unpaired) electrons. The van der Waals surface area contributed by atoms with E-state index in [2.05, 4.69) is 29.6 Å². The average Bonchev–Trinajstić information content (AvgIpc) is 3.03. The van der Waals surface area contributed by atoms with Gasteiger partial charge >= 0.3 is 0 Å². The van der Waals surface area contributed by atoms with Crippen LogP contribution < -0.4 is 0 Å². The Morgan fingerprint density at radius 3 is 1.85 bits per heavy atom. The highest BCUT2D eigenvalue weighted by Gasteiger charge is 2.26. The van der Waals surface area contributed by atoms with Gasteiger partial charge in [-0.1, -0.05) is 38.5 Å². The summed E-state index contributed by atoms with van der Waals surface area (Å²) in [7, 11) is 0. The predicted octanol–water partition coefficient (Wildman–Crippen LogP) is 6.41. The molecule has 0 bridgehead atoms. The van der Waals surface area contributed by atoms with Gasteiger partial charge in [0, 0.05) is 10.5 Å². The van der Waals surface area contributed by atoms with Gasteiger partial charge in [0.25, 0.3) is 0 Å². The second-order valence-electron chi connectivity index (χ2n) is 6.14. The summed E-state index contributed by atoms with van der Waals surface area (Å²) in [5.41, 5.74) is 0. The minimum atomic E-state index is 0.524. The SMILES string of the molecule is c1coc(C(SC2CCCCC2)SC2CCCCC2)c1. The molecule has 1 aromatic rings. The van der Waals surface area contributed by atoms with Crippen LogP contribution in [0.4, 0.5) is 0 Å². The number of furan rings is 1. The Morgan fingerprint density at radius 2 is 1.40 bits per heavy atom. The molecule has 1 aromatic heterocycles. The molecule has 3 heteroatoms. The van der Waals surface area contributed by atoms with Gasteiger partial charge in [0.2, 0.25) is 0 Å². The Labute approximate surface area is 131 Å². The van der Waals surface area contributed by atoms with Crippen molar-refractivity contribution < 1.29 is 4.42 Å². The van der Waals surface area contributed by atoms with Crippen molar-refractivity contribution >= 4 is 23.5 Å². The molecule has 2 aliphatic rings. The first kappa shape index (κ1) is 14.9. The third kappa shape index (κ3) is 4.24. The molecule has 2 fully saturated rings. The van der Waals surface area contributed by atoms with Crippen LogP contribution in [0.2, 0.25) is 0 Å². The van der Waals surface area contributed by atoms with Crippen molar-refractivity contribution in [2.75, 3.05) is 0 Å². The smallest absolute Gasteiger partial charge is 0.126 e. The summed E-state index contributed by atoms with van der Waals surface area (Å²) in [6, 6.07) is 4.22. The summed E-state index contributed by atoms with van der Waals surface area (Å²) in [5.74, 6) is 1.19. The molecular formula is C17H26OS2. The van der Waals surface area contributed by atoms with E-state index >= 15 is 0 Å². The minimum absolute atomic E-state index is 0.524. The number of hydrogen-bond acceptors (Lipinski definition) is 3. The van der Waals surface area contributed by atoms with Crippen LogP contribution in [0.5, 0.6) is 0 Å². The fraction of sp³-hybridized carbons (Fsp3) is 0.765. The van der Waals surface area contributed by atoms with Gasteiger partial charge in [-0.2, -0.15) is 0 Å². The lowest BCUT2D eigenvalue weighted by molar-refractivity contribution is 0.505. The zero-order valence-corrected chi connectivity index (χ0v) is 13.9. The Kier molecular flexibility index (Phi) is 5.84. The highest BCUT2D eigenvalue weighted by atomic mass is 32.2. The van der Waals surface area contributed by atoms with Crippen LogP contribution in [0.15, 0.2) is 22.8 Å². The van der Waals surface area contributed by atoms with Crippen molar-refractivity contribution in [2.45, 2.75) is 79.3 Å². The van der Waals surface area contributed by atoms with E-state index in [0.29, 0.717) is 4.58 Å². The quantitative estimate of drug-likeness (QED) is 0.583. The van der Waals surface area contributed by atoms with Crippen molar-refractivity contribution in [3.8, 4) is 0 Å². The van der Waals surface area contributed by atoms with Gasteiger partial charge in [0.05, 0.1) is 6.26 Å². The van der Waals surface area contributed by atoms with Crippen molar-refractivity contribution in [1.82, 2.24) is 0 Å². The van der Waals surface area contributed by atoms with Crippen LogP contribution in [0.25, 0.3) is 0 Å². The summed E-state index contributed by atoms with van der Waals surface area (Å²) >= 11 is 4.37. The van der Waals surface area contributed by atoms with Crippen molar-refractivity contribution in [1.29, 1.82) is 0 Å². The molecule has 1 nitrogen and oxygen atoms in total. The summed E-state index contributed by atoms with van der Waals surface area (Å²) < 4.78 is 6.26. The Hall–Kier alpha value is -0.0200. The third-order valence-corrected chi connectivity index (χ3v) is 7.85. The van der Waals surface area contributed by atoms with Crippen molar-refractivity contribution in [2.24, 2.45) is 0 Å². The molecule has 0 saturated heterocycles. The lowest BCUT2D eigenvalue weighted by atomic mass is 10.0. The molecule has 3 rings (SSSR count). The maximum atomic E-state index is 5.74. The van der Waals surface area contributed by atoms with Crippen LogP contribution in [0.1, 0.15) is 74.6 Å². The molecule has 20 heavy (non-hydrogen) atoms. The fourth-order valence-electron chi connectivity index (χ4n) is 3.34. The summed E-state index contributed by atoms with van der Waals surface area (Å²) in [6.45, 7) is 0. The van der Waals surface area contributed by atoms with Gasteiger partial charge in [-0.25, -0.2) is 0 Å². The number of thioether (sulfide) groups is 2. The zero-order chi connectivity index (χ0) is 13.6. The largest absolute Gasteiger partial charge is 0.467 e. The maximum Gasteiger partial charge on any atom is 0.126 e. The van der Waals surface area contributed by atoms with Gasteiger partial charge in [0.1, 0.15) is 10.3 Å². The van der Waals surface area contributed by atoms with E-state index in [9.17, 15) is 0 Å². The molecule has 0 spiro atoms. The van der Waals surface area contributed by atoms with E-state index in [1.54, 1.807) is 0 Å². The van der Waals surface area contributed by atoms with Crippen molar-refractivity contribution in [3.05, 3.63) is 24.2 Å². The van der Waals surface area contributed by atoms with Crippen molar-refractivity contribution in [3.63, 3.8) is 0 Å². The predicted molar refractivity (Wildman–Crippen MR) is 90.4 cm³/mol. The van der Waals surface area contributed by atoms with E-state index in [1.165, 1.54) is 70.0 Å². The van der Waals surface area contributed by atoms with Crippen LogP contribution in [0.3, 0.4) is 0 Å². The molecule has 2 saturated carbocycles. The molecule has 1 heterocycles. The van der Waals surface area contributed by atoms with E-state index in [-0.39, 0.29) is 0 Å². The molecule has 0 N–H and O–H groups in total. The topological polar surface area (TPSA) is 13.1 Å². The van der Waals surface area contributed by atoms with Gasteiger partial charge < -0.3 is 4.42 Å². The Balaban J connectivity index is 1.60. The van der Waals surface area contributed by atoms with Crippen LogP contribution in [-0.4, -0.2) is 10.5 Å². The van der Waals surface area contributed by atoms with E-state index < -0.39 is 0 Å². The highest BCUT2D eigenvalue weighted by molar-refractivity contribution is 8.16. The monoisotopic (exact) mass is 310 g/mol. The van der Waals surface area contributed by atoms with E-state index in [4.69, 9.17) is 4.42 Å². The molecule has 0 aliphatic heterocycles. The molecular weight excluding hydrogens is 284 g/mol. The minimum Gasteiger partial charge on any atom is -0.467 e. The lowest BCUT2D eigenvalue weighted by Gasteiger charge is -2.29. The molecule has 112 valence electrons. The third-order valence-electron chi connectivity index (χ3n) is 4.51. The molecule has 0 atom stereocenters. The lowest BCUT2D eigenvalue weighted by Crippen LogP contribution is -2.13. The van der Waals surface area contributed by atoms with Gasteiger partial charge in [-0.05, 0) is 37.8 Å². The first-order valence-electron chi connectivity index (χ1n) is 8.26. The first-order chi connectivity index (χ1) is 9.92. The maximum absolute atomic E-state index is 5.74. The van der Waals surface area contributed by atoms with Crippen LogP contribution in [-0.2, 0) is 0 Å². The second kappa shape index (κ2) is 7.84. The standard InChI is InChI=1S/C17H26OS2/c1-3-8-14(9-4-1)19-17(16-12-7-13-18-16)20-15-10-5-2-6-11-15/h7,12-15,17H,1-6,8-11H2. The normalized spacial score (nSPS) is 22.4. The summed E-state index contributed by atoms with van der Waals surface area (Å²) in [6.07, 6.45) is 16.1. The summed E-state index contributed by atoms with van der Waals surface area (Å²) in [5, 5.41) is 1.71. The molecule has 0 aromatic carbocycles. The Bertz CT molecular complexity index is 344. The number of hydrogen-bond donors (Lipinski definition) is 0. The number of rotatable bonds is 5.